The Hall–Kier alpha value is -2.67. The average Bonchev–Trinajstić information content (AvgIpc) is 2.77. The van der Waals surface area contributed by atoms with E-state index < -0.39 is 0 Å². The van der Waals surface area contributed by atoms with Crippen LogP contribution in [0, 0.1) is 11.3 Å². The molecule has 4 heteroatoms. The smallest absolute Gasteiger partial charge is 0.161 e. The Labute approximate surface area is 104 Å². The number of aryl methyl sites for hydroxylation is 1. The maximum absolute atomic E-state index is 8.74. The van der Waals surface area contributed by atoms with Gasteiger partial charge in [0.2, 0.25) is 0 Å². The third-order valence-electron chi connectivity index (χ3n) is 2.92. The molecule has 0 saturated carbocycles. The van der Waals surface area contributed by atoms with E-state index in [0.29, 0.717) is 11.4 Å². The Kier molecular flexibility index (Phi) is 2.31. The van der Waals surface area contributed by atoms with Crippen LogP contribution in [0.2, 0.25) is 0 Å². The van der Waals surface area contributed by atoms with Crippen LogP contribution in [0.4, 0.5) is 0 Å². The van der Waals surface area contributed by atoms with Gasteiger partial charge in [-0.25, -0.2) is 9.97 Å². The van der Waals surface area contributed by atoms with Gasteiger partial charge in [0.1, 0.15) is 6.07 Å². The van der Waals surface area contributed by atoms with Crippen LogP contribution in [0.25, 0.3) is 22.3 Å². The minimum atomic E-state index is 0.471. The van der Waals surface area contributed by atoms with Gasteiger partial charge in [-0.3, -0.25) is 0 Å². The van der Waals surface area contributed by atoms with Crippen molar-refractivity contribution in [2.75, 3.05) is 0 Å². The summed E-state index contributed by atoms with van der Waals surface area (Å²) in [5.74, 6) is 0.644. The van der Waals surface area contributed by atoms with Crippen molar-refractivity contribution < 1.29 is 0 Å². The number of hydrogen-bond donors (Lipinski definition) is 0. The van der Waals surface area contributed by atoms with E-state index in [1.165, 1.54) is 0 Å². The molecular weight excluding hydrogens is 224 g/mol. The molecule has 3 aromatic rings. The summed E-state index contributed by atoms with van der Waals surface area (Å²) in [5, 5.41) is 9.86. The van der Waals surface area contributed by atoms with Gasteiger partial charge < -0.3 is 4.57 Å². The quantitative estimate of drug-likeness (QED) is 0.650. The first-order valence-corrected chi connectivity index (χ1v) is 5.56. The monoisotopic (exact) mass is 234 g/mol. The van der Waals surface area contributed by atoms with Gasteiger partial charge >= 0.3 is 0 Å². The lowest BCUT2D eigenvalue weighted by Crippen LogP contribution is -1.88. The highest BCUT2D eigenvalue weighted by Gasteiger charge is 2.10. The lowest BCUT2D eigenvalue weighted by Gasteiger charge is -1.97. The largest absolute Gasteiger partial charge is 0.350 e. The van der Waals surface area contributed by atoms with Crippen LogP contribution in [0.3, 0.4) is 0 Å². The number of benzene rings is 1. The Balaban J connectivity index is 2.22. The van der Waals surface area contributed by atoms with Crippen LogP contribution in [-0.4, -0.2) is 14.5 Å². The van der Waals surface area contributed by atoms with E-state index >= 15 is 0 Å². The predicted octanol–water partition coefficient (Wildman–Crippen LogP) is 2.51. The SMILES string of the molecule is Cn1cc(-c2ncc(C#N)cn2)c2ccccc21. The minimum absolute atomic E-state index is 0.471. The van der Waals surface area contributed by atoms with Crippen molar-refractivity contribution in [3.05, 3.63) is 48.4 Å². The molecule has 0 spiro atoms. The fourth-order valence-electron chi connectivity index (χ4n) is 2.04. The predicted molar refractivity (Wildman–Crippen MR) is 68.7 cm³/mol. The zero-order valence-corrected chi connectivity index (χ0v) is 9.83. The zero-order chi connectivity index (χ0) is 12.5. The summed E-state index contributed by atoms with van der Waals surface area (Å²) in [6.45, 7) is 0. The highest BCUT2D eigenvalue weighted by molar-refractivity contribution is 5.94. The van der Waals surface area contributed by atoms with Gasteiger partial charge in [-0.15, -0.1) is 0 Å². The van der Waals surface area contributed by atoms with E-state index in [-0.39, 0.29) is 0 Å². The minimum Gasteiger partial charge on any atom is -0.350 e. The molecular formula is C14H10N4. The lowest BCUT2D eigenvalue weighted by molar-refractivity contribution is 0.968. The molecule has 0 fully saturated rings. The van der Waals surface area contributed by atoms with Crippen LogP contribution in [0.15, 0.2) is 42.9 Å². The van der Waals surface area contributed by atoms with Crippen molar-refractivity contribution >= 4 is 10.9 Å². The molecule has 0 unspecified atom stereocenters. The normalized spacial score (nSPS) is 10.4. The molecule has 4 nitrogen and oxygen atoms in total. The van der Waals surface area contributed by atoms with E-state index in [1.54, 1.807) is 12.4 Å². The van der Waals surface area contributed by atoms with Crippen molar-refractivity contribution in [1.29, 1.82) is 5.26 Å². The molecule has 0 radical (unpaired) electrons. The number of nitrogens with zero attached hydrogens (tertiary/aromatic N) is 4. The summed E-state index contributed by atoms with van der Waals surface area (Å²) in [7, 11) is 2.00. The van der Waals surface area contributed by atoms with Crippen LogP contribution in [0.1, 0.15) is 5.56 Å². The van der Waals surface area contributed by atoms with Crippen molar-refractivity contribution in [2.24, 2.45) is 7.05 Å². The molecule has 2 heterocycles. The van der Waals surface area contributed by atoms with Gasteiger partial charge in [0.25, 0.3) is 0 Å². The summed E-state index contributed by atoms with van der Waals surface area (Å²) in [5.41, 5.74) is 2.59. The molecule has 86 valence electrons. The second kappa shape index (κ2) is 3.97. The van der Waals surface area contributed by atoms with Crippen LogP contribution in [0.5, 0.6) is 0 Å². The summed E-state index contributed by atoms with van der Waals surface area (Å²) in [6, 6.07) is 10.1. The maximum Gasteiger partial charge on any atom is 0.161 e. The van der Waals surface area contributed by atoms with Crippen molar-refractivity contribution in [3.8, 4) is 17.5 Å². The molecule has 0 aliphatic rings. The zero-order valence-electron chi connectivity index (χ0n) is 9.83. The Morgan fingerprint density at radius 3 is 2.61 bits per heavy atom. The summed E-state index contributed by atoms with van der Waals surface area (Å²) >= 11 is 0. The van der Waals surface area contributed by atoms with E-state index in [9.17, 15) is 0 Å². The molecule has 0 aliphatic carbocycles. The molecule has 0 aliphatic heterocycles. The highest BCUT2D eigenvalue weighted by atomic mass is 14.9. The number of fused-ring (bicyclic) bond motifs is 1. The van der Waals surface area contributed by atoms with Crippen LogP contribution < -0.4 is 0 Å². The third-order valence-corrected chi connectivity index (χ3v) is 2.92. The second-order valence-electron chi connectivity index (χ2n) is 4.08. The summed E-state index contributed by atoms with van der Waals surface area (Å²) < 4.78 is 2.05. The topological polar surface area (TPSA) is 54.5 Å². The van der Waals surface area contributed by atoms with Crippen molar-refractivity contribution in [2.45, 2.75) is 0 Å². The van der Waals surface area contributed by atoms with Gasteiger partial charge in [-0.05, 0) is 6.07 Å². The first kappa shape index (κ1) is 10.5. The first-order valence-electron chi connectivity index (χ1n) is 5.56. The van der Waals surface area contributed by atoms with Gasteiger partial charge in [-0.2, -0.15) is 5.26 Å². The third kappa shape index (κ3) is 1.54. The fourth-order valence-corrected chi connectivity index (χ4v) is 2.04. The summed E-state index contributed by atoms with van der Waals surface area (Å²) in [6.07, 6.45) is 5.10. The standard InChI is InChI=1S/C14H10N4/c1-18-9-12(11-4-2-3-5-13(11)18)14-16-7-10(6-15)8-17-14/h2-5,7-9H,1H3. The Morgan fingerprint density at radius 2 is 1.89 bits per heavy atom. The molecule has 3 rings (SSSR count). The number of para-hydroxylation sites is 1. The number of hydrogen-bond acceptors (Lipinski definition) is 3. The van der Waals surface area contributed by atoms with Gasteiger partial charge in [-0.1, -0.05) is 18.2 Å². The van der Waals surface area contributed by atoms with Gasteiger partial charge in [0.05, 0.1) is 5.56 Å². The van der Waals surface area contributed by atoms with Crippen LogP contribution >= 0.6 is 0 Å². The molecule has 0 saturated heterocycles. The fraction of sp³-hybridized carbons (Fsp3) is 0.0714. The lowest BCUT2D eigenvalue weighted by atomic mass is 10.1. The Bertz CT molecular complexity index is 748. The number of aromatic nitrogens is 3. The van der Waals surface area contributed by atoms with Crippen molar-refractivity contribution in [1.82, 2.24) is 14.5 Å². The van der Waals surface area contributed by atoms with Gasteiger partial charge in [0, 0.05) is 42.1 Å². The first-order chi connectivity index (χ1) is 8.79. The maximum atomic E-state index is 8.74. The van der Waals surface area contributed by atoms with Gasteiger partial charge in [0.15, 0.2) is 5.82 Å². The van der Waals surface area contributed by atoms with Crippen molar-refractivity contribution in [3.63, 3.8) is 0 Å². The Morgan fingerprint density at radius 1 is 1.17 bits per heavy atom. The molecule has 0 atom stereocenters. The summed E-state index contributed by atoms with van der Waals surface area (Å²) in [4.78, 5) is 8.47. The van der Waals surface area contributed by atoms with E-state index in [1.807, 2.05) is 42.1 Å². The molecule has 2 aromatic heterocycles. The molecule has 0 bridgehead atoms. The molecule has 1 aromatic carbocycles. The molecule has 0 amide bonds. The van der Waals surface area contributed by atoms with E-state index in [0.717, 1.165) is 16.5 Å². The number of rotatable bonds is 1. The van der Waals surface area contributed by atoms with E-state index in [2.05, 4.69) is 16.0 Å². The molecule has 0 N–H and O–H groups in total. The highest BCUT2D eigenvalue weighted by Crippen LogP contribution is 2.27. The molecule has 18 heavy (non-hydrogen) atoms. The average molecular weight is 234 g/mol. The second-order valence-corrected chi connectivity index (χ2v) is 4.08. The van der Waals surface area contributed by atoms with Crippen LogP contribution in [-0.2, 0) is 7.05 Å². The number of nitriles is 1. The van der Waals surface area contributed by atoms with E-state index in [4.69, 9.17) is 5.26 Å².